The first-order valence-electron chi connectivity index (χ1n) is 16.2. The highest BCUT2D eigenvalue weighted by Gasteiger charge is 2.28. The average Bonchev–Trinajstić information content (AvgIpc) is 3.08. The zero-order valence-electron chi connectivity index (χ0n) is 28.1. The standard InChI is InChI=1S/C34H44Cl2N6O7S/c1-3-37-33(43)40-26-7-9-27(10-8-26)41-34(44)38-11-13-47-15-17-49-18-16-48-14-12-39-50(45,46)28-6-4-5-24(19-28)30-22-42(2)23-31-29(30)20-25(35)21-32(31)36/h4-10,19-21,30,39H,3,11-18,22-23H2,1-2H3,(H2,37,40,43)(H2,38,41,44). The number of ether oxygens (including phenoxy) is 3. The van der Waals surface area contributed by atoms with E-state index >= 15 is 0 Å². The first-order chi connectivity index (χ1) is 24.1. The SMILES string of the molecule is CCNC(=O)Nc1ccc(NC(=O)NCCOCCOCCOCCNS(=O)(=O)c2cccc(C3CN(C)Cc4c(Cl)cc(Cl)cc43)c2)cc1. The number of hydrogen-bond donors (Lipinski definition) is 5. The lowest BCUT2D eigenvalue weighted by atomic mass is 9.85. The Balaban J connectivity index is 1.05. The summed E-state index contributed by atoms with van der Waals surface area (Å²) in [6, 6.07) is 16.6. The van der Waals surface area contributed by atoms with Gasteiger partial charge in [0.05, 0.1) is 44.5 Å². The van der Waals surface area contributed by atoms with Crippen LogP contribution in [-0.2, 0) is 30.8 Å². The number of sulfonamides is 1. The summed E-state index contributed by atoms with van der Waals surface area (Å²) in [5, 5.41) is 11.9. The molecule has 4 amide bonds. The molecule has 13 nitrogen and oxygen atoms in total. The molecule has 4 rings (SSSR count). The van der Waals surface area contributed by atoms with Crippen molar-refractivity contribution in [2.45, 2.75) is 24.3 Å². The molecule has 3 aromatic rings. The van der Waals surface area contributed by atoms with Crippen LogP contribution < -0.4 is 26.0 Å². The average molecular weight is 752 g/mol. The van der Waals surface area contributed by atoms with Gasteiger partial charge in [-0.25, -0.2) is 22.7 Å². The Morgan fingerprint density at radius 2 is 1.42 bits per heavy atom. The summed E-state index contributed by atoms with van der Waals surface area (Å²) >= 11 is 12.8. The van der Waals surface area contributed by atoms with Gasteiger partial charge < -0.3 is 40.4 Å². The van der Waals surface area contributed by atoms with Gasteiger partial charge in [-0.2, -0.15) is 0 Å². The van der Waals surface area contributed by atoms with E-state index in [4.69, 9.17) is 37.4 Å². The van der Waals surface area contributed by atoms with E-state index in [-0.39, 0.29) is 36.0 Å². The third-order valence-corrected chi connectivity index (χ3v) is 9.63. The maximum absolute atomic E-state index is 13.0. The number of anilines is 2. The summed E-state index contributed by atoms with van der Waals surface area (Å²) in [6.45, 7) is 5.95. The quantitative estimate of drug-likeness (QED) is 0.115. The minimum absolute atomic E-state index is 0.0752. The normalized spacial score (nSPS) is 14.5. The lowest BCUT2D eigenvalue weighted by Gasteiger charge is -2.33. The fraction of sp³-hybridized carbons (Fsp3) is 0.412. The fourth-order valence-electron chi connectivity index (χ4n) is 5.29. The van der Waals surface area contributed by atoms with E-state index in [1.165, 1.54) is 0 Å². The first-order valence-corrected chi connectivity index (χ1v) is 18.5. The van der Waals surface area contributed by atoms with Crippen molar-refractivity contribution in [3.63, 3.8) is 0 Å². The van der Waals surface area contributed by atoms with Gasteiger partial charge in [0.1, 0.15) is 0 Å². The molecule has 3 aromatic carbocycles. The number of urea groups is 2. The van der Waals surface area contributed by atoms with Crippen LogP contribution in [0.3, 0.4) is 0 Å². The van der Waals surface area contributed by atoms with Crippen LogP contribution in [0.2, 0.25) is 10.0 Å². The Labute approximate surface area is 303 Å². The summed E-state index contributed by atoms with van der Waals surface area (Å²) < 4.78 is 45.2. The van der Waals surface area contributed by atoms with Crippen molar-refractivity contribution in [1.29, 1.82) is 0 Å². The summed E-state index contributed by atoms with van der Waals surface area (Å²) in [6.07, 6.45) is 0. The lowest BCUT2D eigenvalue weighted by molar-refractivity contribution is 0.0165. The van der Waals surface area contributed by atoms with E-state index in [1.54, 1.807) is 48.5 Å². The van der Waals surface area contributed by atoms with E-state index < -0.39 is 10.0 Å². The zero-order chi connectivity index (χ0) is 35.9. The van der Waals surface area contributed by atoms with Gasteiger partial charge in [-0.05, 0) is 79.2 Å². The molecule has 0 saturated heterocycles. The number of likely N-dealkylation sites (N-methyl/N-ethyl adjacent to an activating group) is 1. The van der Waals surface area contributed by atoms with Crippen LogP contribution in [0.15, 0.2) is 65.6 Å². The maximum Gasteiger partial charge on any atom is 0.319 e. The largest absolute Gasteiger partial charge is 0.378 e. The zero-order valence-corrected chi connectivity index (χ0v) is 30.4. The van der Waals surface area contributed by atoms with Crippen molar-refractivity contribution in [1.82, 2.24) is 20.3 Å². The molecule has 0 spiro atoms. The van der Waals surface area contributed by atoms with E-state index in [1.807, 2.05) is 26.1 Å². The summed E-state index contributed by atoms with van der Waals surface area (Å²) in [7, 11) is -1.75. The van der Waals surface area contributed by atoms with Crippen molar-refractivity contribution in [2.75, 3.05) is 83.5 Å². The number of benzene rings is 3. The predicted octanol–water partition coefficient (Wildman–Crippen LogP) is 4.86. The van der Waals surface area contributed by atoms with E-state index in [9.17, 15) is 18.0 Å². The van der Waals surface area contributed by atoms with Gasteiger partial charge in [0.15, 0.2) is 0 Å². The maximum atomic E-state index is 13.0. The molecule has 1 aliphatic rings. The molecule has 0 bridgehead atoms. The molecule has 0 fully saturated rings. The number of carbonyl (C=O) groups excluding carboxylic acids is 2. The van der Waals surface area contributed by atoms with Crippen molar-refractivity contribution in [3.05, 3.63) is 87.4 Å². The monoisotopic (exact) mass is 750 g/mol. The molecule has 5 N–H and O–H groups in total. The van der Waals surface area contributed by atoms with E-state index in [2.05, 4.69) is 30.9 Å². The van der Waals surface area contributed by atoms with Gasteiger partial charge in [0.2, 0.25) is 10.0 Å². The summed E-state index contributed by atoms with van der Waals surface area (Å²) in [5.41, 5.74) is 4.06. The molecular formula is C34H44Cl2N6O7S. The van der Waals surface area contributed by atoms with Gasteiger partial charge in [-0.3, -0.25) is 0 Å². The lowest BCUT2D eigenvalue weighted by Crippen LogP contribution is -2.32. The molecule has 1 unspecified atom stereocenters. The Hall–Kier alpha value is -3.47. The molecule has 0 aromatic heterocycles. The Bertz CT molecular complexity index is 1680. The highest BCUT2D eigenvalue weighted by atomic mass is 35.5. The van der Waals surface area contributed by atoms with Crippen LogP contribution in [0.4, 0.5) is 21.0 Å². The Morgan fingerprint density at radius 3 is 2.06 bits per heavy atom. The molecule has 272 valence electrons. The molecule has 0 saturated carbocycles. The highest BCUT2D eigenvalue weighted by molar-refractivity contribution is 7.89. The van der Waals surface area contributed by atoms with Crippen LogP contribution in [0.25, 0.3) is 0 Å². The third-order valence-electron chi connectivity index (χ3n) is 7.62. The number of rotatable bonds is 18. The second-order valence-electron chi connectivity index (χ2n) is 11.5. The second-order valence-corrected chi connectivity index (χ2v) is 14.1. The molecule has 1 atom stereocenters. The number of fused-ring (bicyclic) bond motifs is 1. The fourth-order valence-corrected chi connectivity index (χ4v) is 6.92. The predicted molar refractivity (Wildman–Crippen MR) is 195 cm³/mol. The molecule has 16 heteroatoms. The molecule has 1 aliphatic heterocycles. The third kappa shape index (κ3) is 12.4. The number of nitrogens with zero attached hydrogens (tertiary/aromatic N) is 1. The number of hydrogen-bond acceptors (Lipinski definition) is 8. The van der Waals surface area contributed by atoms with Gasteiger partial charge in [0.25, 0.3) is 0 Å². The molecule has 0 aliphatic carbocycles. The van der Waals surface area contributed by atoms with E-state index in [0.29, 0.717) is 80.6 Å². The van der Waals surface area contributed by atoms with Gasteiger partial charge in [0, 0.05) is 60.1 Å². The number of nitrogens with one attached hydrogen (secondary N) is 5. The van der Waals surface area contributed by atoms with Crippen molar-refractivity contribution >= 4 is 56.7 Å². The Kier molecular flexibility index (Phi) is 15.6. The van der Waals surface area contributed by atoms with Crippen molar-refractivity contribution in [3.8, 4) is 0 Å². The number of amides is 4. The van der Waals surface area contributed by atoms with Crippen LogP contribution in [0.1, 0.15) is 29.5 Å². The van der Waals surface area contributed by atoms with E-state index in [0.717, 1.165) is 16.7 Å². The summed E-state index contributed by atoms with van der Waals surface area (Å²) in [4.78, 5) is 26.0. The Morgan fingerprint density at radius 1 is 0.820 bits per heavy atom. The van der Waals surface area contributed by atoms with Crippen molar-refractivity contribution < 1.29 is 32.2 Å². The van der Waals surface area contributed by atoms with Crippen LogP contribution in [-0.4, -0.2) is 98.2 Å². The van der Waals surface area contributed by atoms with Crippen molar-refractivity contribution in [2.24, 2.45) is 0 Å². The van der Waals surface area contributed by atoms with Crippen LogP contribution >= 0.6 is 23.2 Å². The van der Waals surface area contributed by atoms with Gasteiger partial charge in [-0.15, -0.1) is 0 Å². The minimum atomic E-state index is -3.76. The van der Waals surface area contributed by atoms with Gasteiger partial charge in [-0.1, -0.05) is 35.3 Å². The smallest absolute Gasteiger partial charge is 0.319 e. The molecular weight excluding hydrogens is 707 g/mol. The number of halogens is 2. The second kappa shape index (κ2) is 19.8. The summed E-state index contributed by atoms with van der Waals surface area (Å²) in [5.74, 6) is -0.0752. The van der Waals surface area contributed by atoms with Gasteiger partial charge >= 0.3 is 12.1 Å². The topological polar surface area (TPSA) is 159 Å². The highest BCUT2D eigenvalue weighted by Crippen LogP contribution is 2.38. The van der Waals surface area contributed by atoms with Crippen LogP contribution in [0, 0.1) is 0 Å². The number of carbonyl (C=O) groups is 2. The minimum Gasteiger partial charge on any atom is -0.378 e. The van der Waals surface area contributed by atoms with Crippen LogP contribution in [0.5, 0.6) is 0 Å². The molecule has 1 heterocycles. The molecule has 50 heavy (non-hydrogen) atoms. The molecule has 0 radical (unpaired) electrons. The first kappa shape index (κ1) is 39.3.